The Morgan fingerprint density at radius 3 is 2.83 bits per heavy atom. The maximum Gasteiger partial charge on any atom is 0.143 e. The van der Waals surface area contributed by atoms with Gasteiger partial charge < -0.3 is 9.64 Å². The van der Waals surface area contributed by atoms with Crippen LogP contribution in [0.2, 0.25) is 0 Å². The third kappa shape index (κ3) is 1.92. The van der Waals surface area contributed by atoms with Crippen molar-refractivity contribution in [2.45, 2.75) is 13.0 Å². The third-order valence-corrected chi connectivity index (χ3v) is 3.04. The van der Waals surface area contributed by atoms with Gasteiger partial charge in [-0.15, -0.1) is 0 Å². The van der Waals surface area contributed by atoms with E-state index in [4.69, 9.17) is 4.74 Å². The summed E-state index contributed by atoms with van der Waals surface area (Å²) in [6.07, 6.45) is 0.0863. The van der Waals surface area contributed by atoms with Gasteiger partial charge in [-0.25, -0.2) is 4.39 Å². The molecule has 0 radical (unpaired) electrons. The molecule has 18 heavy (non-hydrogen) atoms. The zero-order valence-electron chi connectivity index (χ0n) is 10.1. The van der Waals surface area contributed by atoms with Crippen molar-refractivity contribution in [1.82, 2.24) is 0 Å². The first kappa shape index (κ1) is 11.1. The van der Waals surface area contributed by atoms with Crippen LogP contribution in [-0.2, 0) is 0 Å². The molecule has 0 amide bonds. The minimum Gasteiger partial charge on any atom is -0.487 e. The first-order valence-corrected chi connectivity index (χ1v) is 6.03. The van der Waals surface area contributed by atoms with E-state index in [1.54, 1.807) is 12.1 Å². The summed E-state index contributed by atoms with van der Waals surface area (Å²) in [5.74, 6) is 0.629. The Bertz CT molecular complexity index is 570. The average molecular weight is 243 g/mol. The van der Waals surface area contributed by atoms with E-state index >= 15 is 0 Å². The molecule has 1 unspecified atom stereocenters. The molecule has 2 aromatic carbocycles. The van der Waals surface area contributed by atoms with Gasteiger partial charge in [-0.3, -0.25) is 0 Å². The van der Waals surface area contributed by atoms with Gasteiger partial charge in [0.2, 0.25) is 0 Å². The van der Waals surface area contributed by atoms with Crippen LogP contribution in [0, 0.1) is 5.82 Å². The number of ether oxygens (including phenoxy) is 1. The molecular weight excluding hydrogens is 229 g/mol. The van der Waals surface area contributed by atoms with E-state index < -0.39 is 0 Å². The lowest BCUT2D eigenvalue weighted by molar-refractivity contribution is 0.217. The monoisotopic (exact) mass is 243 g/mol. The second-order valence-corrected chi connectivity index (χ2v) is 4.49. The van der Waals surface area contributed by atoms with Gasteiger partial charge >= 0.3 is 0 Å². The lowest BCUT2D eigenvalue weighted by atomic mass is 10.1. The fourth-order valence-electron chi connectivity index (χ4n) is 2.28. The Morgan fingerprint density at radius 1 is 1.17 bits per heavy atom. The molecule has 0 bridgehead atoms. The van der Waals surface area contributed by atoms with E-state index in [0.29, 0.717) is 0 Å². The summed E-state index contributed by atoms with van der Waals surface area (Å²) in [4.78, 5) is 2.09. The SMILES string of the molecule is CC1CN(c2cccc(F)c2)c2ccccc2O1. The Hall–Kier alpha value is -2.03. The van der Waals surface area contributed by atoms with Gasteiger partial charge in [0.05, 0.1) is 12.2 Å². The van der Waals surface area contributed by atoms with Crippen molar-refractivity contribution >= 4 is 11.4 Å². The molecule has 0 aromatic heterocycles. The van der Waals surface area contributed by atoms with E-state index in [-0.39, 0.29) is 11.9 Å². The van der Waals surface area contributed by atoms with Gasteiger partial charge in [-0.1, -0.05) is 18.2 Å². The smallest absolute Gasteiger partial charge is 0.143 e. The standard InChI is InChI=1S/C15H14FNO/c1-11-10-17(13-6-4-5-12(16)9-13)14-7-2-3-8-15(14)18-11/h2-9,11H,10H2,1H3. The second-order valence-electron chi connectivity index (χ2n) is 4.49. The van der Waals surface area contributed by atoms with Crippen LogP contribution in [0.5, 0.6) is 5.75 Å². The summed E-state index contributed by atoms with van der Waals surface area (Å²) >= 11 is 0. The molecule has 2 aromatic rings. The average Bonchev–Trinajstić information content (AvgIpc) is 2.37. The highest BCUT2D eigenvalue weighted by Gasteiger charge is 2.23. The fraction of sp³-hybridized carbons (Fsp3) is 0.200. The first-order chi connectivity index (χ1) is 8.74. The van der Waals surface area contributed by atoms with Crippen molar-refractivity contribution in [3.05, 3.63) is 54.3 Å². The van der Waals surface area contributed by atoms with Crippen molar-refractivity contribution in [3.8, 4) is 5.75 Å². The lowest BCUT2D eigenvalue weighted by Gasteiger charge is -2.34. The van der Waals surface area contributed by atoms with Crippen LogP contribution in [-0.4, -0.2) is 12.6 Å². The predicted molar refractivity (Wildman–Crippen MR) is 69.9 cm³/mol. The minimum absolute atomic E-state index is 0.0863. The van der Waals surface area contributed by atoms with Crippen molar-refractivity contribution in [3.63, 3.8) is 0 Å². The topological polar surface area (TPSA) is 12.5 Å². The molecule has 1 aliphatic rings. The summed E-state index contributed by atoms with van der Waals surface area (Å²) in [6, 6.07) is 14.5. The number of benzene rings is 2. The predicted octanol–water partition coefficient (Wildman–Crippen LogP) is 3.74. The number of hydrogen-bond donors (Lipinski definition) is 0. The van der Waals surface area contributed by atoms with Gasteiger partial charge in [0.25, 0.3) is 0 Å². The van der Waals surface area contributed by atoms with E-state index in [0.717, 1.165) is 23.7 Å². The van der Waals surface area contributed by atoms with Crippen LogP contribution >= 0.6 is 0 Å². The quantitative estimate of drug-likeness (QED) is 0.756. The number of fused-ring (bicyclic) bond motifs is 1. The van der Waals surface area contributed by atoms with Crippen molar-refractivity contribution < 1.29 is 9.13 Å². The summed E-state index contributed by atoms with van der Waals surface area (Å²) in [7, 11) is 0. The molecule has 0 saturated carbocycles. The van der Waals surface area contributed by atoms with Gasteiger partial charge in [-0.05, 0) is 37.3 Å². The van der Waals surface area contributed by atoms with Crippen LogP contribution in [0.25, 0.3) is 0 Å². The second kappa shape index (κ2) is 4.33. The fourth-order valence-corrected chi connectivity index (χ4v) is 2.28. The van der Waals surface area contributed by atoms with E-state index in [9.17, 15) is 4.39 Å². The molecule has 92 valence electrons. The maximum absolute atomic E-state index is 13.3. The van der Waals surface area contributed by atoms with Crippen LogP contribution in [0.1, 0.15) is 6.92 Å². The van der Waals surface area contributed by atoms with E-state index in [2.05, 4.69) is 4.90 Å². The molecule has 0 spiro atoms. The molecule has 1 aliphatic heterocycles. The van der Waals surface area contributed by atoms with Crippen LogP contribution < -0.4 is 9.64 Å². The highest BCUT2D eigenvalue weighted by molar-refractivity contribution is 5.70. The van der Waals surface area contributed by atoms with Crippen LogP contribution in [0.15, 0.2) is 48.5 Å². The van der Waals surface area contributed by atoms with Gasteiger partial charge in [0, 0.05) is 5.69 Å². The molecule has 0 saturated heterocycles. The number of rotatable bonds is 1. The van der Waals surface area contributed by atoms with Gasteiger partial charge in [0.1, 0.15) is 17.7 Å². The summed E-state index contributed by atoms with van der Waals surface area (Å²) in [5.41, 5.74) is 1.85. The van der Waals surface area contributed by atoms with Crippen molar-refractivity contribution in [2.24, 2.45) is 0 Å². The first-order valence-electron chi connectivity index (χ1n) is 6.03. The number of nitrogens with zero attached hydrogens (tertiary/aromatic N) is 1. The summed E-state index contributed by atoms with van der Waals surface area (Å²) in [6.45, 7) is 2.74. The molecule has 2 nitrogen and oxygen atoms in total. The van der Waals surface area contributed by atoms with Gasteiger partial charge in [0.15, 0.2) is 0 Å². The highest BCUT2D eigenvalue weighted by atomic mass is 19.1. The Kier molecular flexibility index (Phi) is 2.67. The summed E-state index contributed by atoms with van der Waals surface area (Å²) in [5, 5.41) is 0. The lowest BCUT2D eigenvalue weighted by Crippen LogP contribution is -2.35. The molecule has 1 heterocycles. The number of anilines is 2. The zero-order valence-corrected chi connectivity index (χ0v) is 10.1. The minimum atomic E-state index is -0.218. The normalized spacial score (nSPS) is 18.1. The van der Waals surface area contributed by atoms with Crippen molar-refractivity contribution in [1.29, 1.82) is 0 Å². The molecular formula is C15H14FNO. The van der Waals surface area contributed by atoms with Gasteiger partial charge in [-0.2, -0.15) is 0 Å². The number of halogens is 1. The largest absolute Gasteiger partial charge is 0.487 e. The van der Waals surface area contributed by atoms with E-state index in [1.807, 2.05) is 37.3 Å². The molecule has 0 fully saturated rings. The zero-order chi connectivity index (χ0) is 12.5. The van der Waals surface area contributed by atoms with Crippen molar-refractivity contribution in [2.75, 3.05) is 11.4 Å². The molecule has 0 N–H and O–H groups in total. The number of para-hydroxylation sites is 2. The summed E-state index contributed by atoms with van der Waals surface area (Å²) < 4.78 is 19.1. The van der Waals surface area contributed by atoms with Crippen LogP contribution in [0.3, 0.4) is 0 Å². The van der Waals surface area contributed by atoms with Crippen LogP contribution in [0.4, 0.5) is 15.8 Å². The third-order valence-electron chi connectivity index (χ3n) is 3.04. The highest BCUT2D eigenvalue weighted by Crippen LogP contribution is 2.37. The number of hydrogen-bond acceptors (Lipinski definition) is 2. The Balaban J connectivity index is 2.07. The molecule has 1 atom stereocenters. The Labute approximate surface area is 106 Å². The molecule has 3 heteroatoms. The Morgan fingerprint density at radius 2 is 2.00 bits per heavy atom. The van der Waals surface area contributed by atoms with E-state index in [1.165, 1.54) is 6.07 Å². The maximum atomic E-state index is 13.3. The molecule has 0 aliphatic carbocycles. The molecule has 3 rings (SSSR count).